The highest BCUT2D eigenvalue weighted by Crippen LogP contribution is 2.36. The third kappa shape index (κ3) is 4.26. The molecule has 4 rings (SSSR count). The van der Waals surface area contributed by atoms with E-state index >= 15 is 0 Å². The van der Waals surface area contributed by atoms with Gasteiger partial charge < -0.3 is 25.3 Å². The Hall–Kier alpha value is -3.06. The molecule has 0 amide bonds. The first kappa shape index (κ1) is 20.2. The summed E-state index contributed by atoms with van der Waals surface area (Å²) in [6.45, 7) is 7.32. The number of hydrogen-bond donors (Lipinski definition) is 2. The van der Waals surface area contributed by atoms with E-state index in [1.807, 2.05) is 38.1 Å². The third-order valence-electron chi connectivity index (χ3n) is 5.25. The van der Waals surface area contributed by atoms with Gasteiger partial charge in [-0.2, -0.15) is 0 Å². The lowest BCUT2D eigenvalue weighted by Crippen LogP contribution is -2.16. The normalized spacial score (nSPS) is 17.1. The minimum absolute atomic E-state index is 0.0133. The van der Waals surface area contributed by atoms with Crippen molar-refractivity contribution in [2.45, 2.75) is 39.3 Å². The van der Waals surface area contributed by atoms with Crippen molar-refractivity contribution < 1.29 is 14.2 Å². The molecular formula is C23H28N4O3. The van der Waals surface area contributed by atoms with Gasteiger partial charge in [-0.15, -0.1) is 0 Å². The van der Waals surface area contributed by atoms with Gasteiger partial charge in [0.2, 0.25) is 0 Å². The van der Waals surface area contributed by atoms with Crippen LogP contribution in [0.4, 0.5) is 11.5 Å². The number of nitrogens with two attached hydrogens (primary N) is 1. The van der Waals surface area contributed by atoms with E-state index in [2.05, 4.69) is 28.3 Å². The maximum absolute atomic E-state index is 6.16. The van der Waals surface area contributed by atoms with Gasteiger partial charge in [-0.1, -0.05) is 6.07 Å². The Labute approximate surface area is 176 Å². The highest BCUT2D eigenvalue weighted by atomic mass is 16.6. The average Bonchev–Trinajstić information content (AvgIpc) is 3.20. The fourth-order valence-corrected chi connectivity index (χ4v) is 3.78. The van der Waals surface area contributed by atoms with Gasteiger partial charge in [-0.25, -0.2) is 9.97 Å². The lowest BCUT2D eigenvalue weighted by Gasteiger charge is -2.20. The second kappa shape index (κ2) is 8.36. The van der Waals surface area contributed by atoms with Crippen LogP contribution in [-0.4, -0.2) is 36.4 Å². The monoisotopic (exact) mass is 408 g/mol. The Morgan fingerprint density at radius 1 is 1.13 bits per heavy atom. The van der Waals surface area contributed by atoms with E-state index in [-0.39, 0.29) is 12.1 Å². The molecule has 7 nitrogen and oxygen atoms in total. The molecule has 2 atom stereocenters. The number of aromatic nitrogens is 2. The molecule has 0 saturated carbocycles. The quantitative estimate of drug-likeness (QED) is 0.591. The molecule has 0 radical (unpaired) electrons. The summed E-state index contributed by atoms with van der Waals surface area (Å²) in [4.78, 5) is 9.26. The summed E-state index contributed by atoms with van der Waals surface area (Å²) in [5.41, 5.74) is 9.82. The van der Waals surface area contributed by atoms with Crippen molar-refractivity contribution in [3.63, 3.8) is 0 Å². The Bertz CT molecular complexity index is 1040. The van der Waals surface area contributed by atoms with E-state index in [0.717, 1.165) is 40.0 Å². The van der Waals surface area contributed by atoms with Gasteiger partial charge in [0, 0.05) is 23.6 Å². The molecule has 0 bridgehead atoms. The molecule has 0 unspecified atom stereocenters. The molecule has 30 heavy (non-hydrogen) atoms. The number of nitrogen functional groups attached to an aromatic ring is 1. The second-order valence-electron chi connectivity index (χ2n) is 7.79. The number of fused-ring (bicyclic) bond motifs is 1. The predicted octanol–water partition coefficient (Wildman–Crippen LogP) is 4.18. The summed E-state index contributed by atoms with van der Waals surface area (Å²) >= 11 is 0. The average molecular weight is 409 g/mol. The molecule has 2 heterocycles. The number of methoxy groups -OCH3 is 1. The zero-order chi connectivity index (χ0) is 21.3. The number of benzene rings is 2. The number of rotatable bonds is 6. The lowest BCUT2D eigenvalue weighted by molar-refractivity contribution is 0.139. The Kier molecular flexibility index (Phi) is 5.63. The highest BCUT2D eigenvalue weighted by Gasteiger charge is 2.21. The fraction of sp³-hybridized carbons (Fsp3) is 0.391. The van der Waals surface area contributed by atoms with Crippen LogP contribution in [0.3, 0.4) is 0 Å². The van der Waals surface area contributed by atoms with E-state index in [0.29, 0.717) is 30.5 Å². The van der Waals surface area contributed by atoms with Crippen molar-refractivity contribution in [3.05, 3.63) is 47.3 Å². The first-order chi connectivity index (χ1) is 14.4. The summed E-state index contributed by atoms with van der Waals surface area (Å²) in [5, 5.41) is 4.40. The van der Waals surface area contributed by atoms with E-state index in [1.54, 1.807) is 7.11 Å². The molecule has 1 fully saturated rings. The first-order valence-electron chi connectivity index (χ1n) is 10.2. The second-order valence-corrected chi connectivity index (χ2v) is 7.79. The number of hydrogen-bond acceptors (Lipinski definition) is 7. The number of nitrogens with zero attached hydrogens (tertiary/aromatic N) is 2. The van der Waals surface area contributed by atoms with Gasteiger partial charge in [0.05, 0.1) is 31.9 Å². The fourth-order valence-electron chi connectivity index (χ4n) is 3.78. The Balaban J connectivity index is 1.72. The van der Waals surface area contributed by atoms with Gasteiger partial charge in [-0.3, -0.25) is 0 Å². The van der Waals surface area contributed by atoms with Crippen LogP contribution < -0.4 is 20.5 Å². The van der Waals surface area contributed by atoms with Crippen LogP contribution in [0.25, 0.3) is 10.9 Å². The Morgan fingerprint density at radius 3 is 2.67 bits per heavy atom. The minimum Gasteiger partial charge on any atom is -0.493 e. The summed E-state index contributed by atoms with van der Waals surface area (Å²) in [5.74, 6) is 2.75. The topological polar surface area (TPSA) is 91.5 Å². The van der Waals surface area contributed by atoms with Crippen molar-refractivity contribution in [3.8, 4) is 11.5 Å². The van der Waals surface area contributed by atoms with E-state index < -0.39 is 0 Å². The molecule has 0 spiro atoms. The molecule has 0 aliphatic carbocycles. The van der Waals surface area contributed by atoms with Crippen molar-refractivity contribution in [1.82, 2.24) is 9.97 Å². The van der Waals surface area contributed by atoms with Crippen molar-refractivity contribution in [2.24, 2.45) is 0 Å². The number of anilines is 2. The van der Waals surface area contributed by atoms with Crippen LogP contribution in [0.2, 0.25) is 0 Å². The molecule has 158 valence electrons. The third-order valence-corrected chi connectivity index (χ3v) is 5.25. The van der Waals surface area contributed by atoms with Crippen LogP contribution in [0.15, 0.2) is 30.3 Å². The highest BCUT2D eigenvalue weighted by molar-refractivity contribution is 5.92. The standard InChI is InChI=1S/C23H28N4O3/c1-13-7-16(9-17(24)8-13)14(2)25-23-19-10-22(30-18-5-6-29-12-18)21(28-4)11-20(19)26-15(3)27-23/h7-11,14,18H,5-6,12,24H2,1-4H3,(H,25,26,27)/t14-,18+/m1/s1. The largest absolute Gasteiger partial charge is 0.493 e. The molecule has 1 saturated heterocycles. The minimum atomic E-state index is 0.0133. The molecule has 7 heteroatoms. The molecule has 1 aromatic heterocycles. The van der Waals surface area contributed by atoms with Crippen LogP contribution in [-0.2, 0) is 4.74 Å². The maximum atomic E-state index is 6.16. The van der Waals surface area contributed by atoms with E-state index in [4.69, 9.17) is 19.9 Å². The number of aryl methyl sites for hydroxylation is 2. The molecule has 3 aromatic rings. The van der Waals surface area contributed by atoms with Gasteiger partial charge in [0.1, 0.15) is 17.7 Å². The van der Waals surface area contributed by atoms with Crippen LogP contribution >= 0.6 is 0 Å². The molecule has 1 aliphatic rings. The zero-order valence-electron chi connectivity index (χ0n) is 17.9. The molecule has 3 N–H and O–H groups in total. The van der Waals surface area contributed by atoms with Gasteiger partial charge in [0.15, 0.2) is 11.5 Å². The van der Waals surface area contributed by atoms with Crippen LogP contribution in [0.5, 0.6) is 11.5 Å². The van der Waals surface area contributed by atoms with Gasteiger partial charge >= 0.3 is 0 Å². The summed E-state index contributed by atoms with van der Waals surface area (Å²) in [6.07, 6.45) is 0.885. The summed E-state index contributed by atoms with van der Waals surface area (Å²) in [7, 11) is 1.64. The zero-order valence-corrected chi connectivity index (χ0v) is 17.9. The van der Waals surface area contributed by atoms with Crippen molar-refractivity contribution in [2.75, 3.05) is 31.4 Å². The SMILES string of the molecule is COc1cc2nc(C)nc(N[C@H](C)c3cc(C)cc(N)c3)c2cc1O[C@H]1CCOC1. The smallest absolute Gasteiger partial charge is 0.162 e. The van der Waals surface area contributed by atoms with Gasteiger partial charge in [0.25, 0.3) is 0 Å². The Morgan fingerprint density at radius 2 is 1.97 bits per heavy atom. The van der Waals surface area contributed by atoms with Crippen molar-refractivity contribution >= 4 is 22.4 Å². The van der Waals surface area contributed by atoms with E-state index in [1.165, 1.54) is 0 Å². The number of nitrogens with one attached hydrogen (secondary N) is 1. The molecular weight excluding hydrogens is 380 g/mol. The molecule has 1 aliphatic heterocycles. The molecule has 2 aromatic carbocycles. The van der Waals surface area contributed by atoms with Crippen molar-refractivity contribution in [1.29, 1.82) is 0 Å². The maximum Gasteiger partial charge on any atom is 0.162 e. The number of ether oxygens (including phenoxy) is 3. The van der Waals surface area contributed by atoms with E-state index in [9.17, 15) is 0 Å². The summed E-state index contributed by atoms with van der Waals surface area (Å²) in [6, 6.07) is 9.93. The van der Waals surface area contributed by atoms with Gasteiger partial charge in [-0.05, 0) is 50.1 Å². The summed E-state index contributed by atoms with van der Waals surface area (Å²) < 4.78 is 17.2. The lowest BCUT2D eigenvalue weighted by atomic mass is 10.0. The first-order valence-corrected chi connectivity index (χ1v) is 10.2. The predicted molar refractivity (Wildman–Crippen MR) is 118 cm³/mol. The van der Waals surface area contributed by atoms with Crippen LogP contribution in [0, 0.1) is 13.8 Å². The van der Waals surface area contributed by atoms with Crippen LogP contribution in [0.1, 0.15) is 36.3 Å².